The highest BCUT2D eigenvalue weighted by Crippen LogP contribution is 2.29. The molecule has 0 fully saturated rings. The van der Waals surface area contributed by atoms with Crippen LogP contribution in [0.25, 0.3) is 17.1 Å². The molecule has 0 aliphatic carbocycles. The highest BCUT2D eigenvalue weighted by Gasteiger charge is 2.19. The molecule has 7 heteroatoms. The highest BCUT2D eigenvalue weighted by atomic mass is 32.2. The van der Waals surface area contributed by atoms with Crippen LogP contribution in [0.1, 0.15) is 11.1 Å². The predicted octanol–water partition coefficient (Wildman–Crippen LogP) is 5.42. The molecule has 1 N–H and O–H groups in total. The van der Waals surface area contributed by atoms with Gasteiger partial charge in [0, 0.05) is 11.4 Å². The summed E-state index contributed by atoms with van der Waals surface area (Å²) in [5.41, 5.74) is 4.03. The van der Waals surface area contributed by atoms with Crippen molar-refractivity contribution >= 4 is 23.4 Å². The van der Waals surface area contributed by atoms with Crippen LogP contribution in [0, 0.1) is 19.7 Å². The molecule has 0 spiro atoms. The van der Waals surface area contributed by atoms with Crippen molar-refractivity contribution in [2.45, 2.75) is 19.0 Å². The van der Waals surface area contributed by atoms with Gasteiger partial charge in [-0.3, -0.25) is 9.36 Å². The molecule has 1 amide bonds. The lowest BCUT2D eigenvalue weighted by Crippen LogP contribution is -2.15. The molecule has 0 saturated heterocycles. The number of carbonyl (C=O) groups is 1. The van der Waals surface area contributed by atoms with Crippen LogP contribution in [0.4, 0.5) is 10.1 Å². The fraction of sp³-hybridized carbons (Fsp3) is 0.125. The van der Waals surface area contributed by atoms with E-state index >= 15 is 0 Å². The molecule has 0 atom stereocenters. The van der Waals surface area contributed by atoms with E-state index in [0.29, 0.717) is 16.5 Å². The molecule has 0 aliphatic heterocycles. The lowest BCUT2D eigenvalue weighted by Gasteiger charge is -2.11. The van der Waals surface area contributed by atoms with Gasteiger partial charge in [0.05, 0.1) is 11.3 Å². The first-order valence-corrected chi connectivity index (χ1v) is 10.8. The average molecular weight is 433 g/mol. The van der Waals surface area contributed by atoms with Crippen molar-refractivity contribution in [3.8, 4) is 17.1 Å². The van der Waals surface area contributed by atoms with E-state index in [1.807, 2.05) is 62.4 Å². The summed E-state index contributed by atoms with van der Waals surface area (Å²) in [4.78, 5) is 12.5. The standard InChI is InChI=1S/C24H21FN4OS/c1-16-11-13-18(14-12-16)29-23(19-8-4-5-9-20(19)25)27-28-24(29)31-15-22(30)26-21-10-6-3-7-17(21)2/h3-14H,15H2,1-2H3,(H,26,30). The number of para-hydroxylation sites is 1. The molecule has 0 bridgehead atoms. The molecule has 5 nitrogen and oxygen atoms in total. The third-order valence-corrected chi connectivity index (χ3v) is 5.72. The van der Waals surface area contributed by atoms with Gasteiger partial charge in [-0.05, 0) is 49.7 Å². The summed E-state index contributed by atoms with van der Waals surface area (Å²) < 4.78 is 16.3. The molecule has 4 rings (SSSR count). The topological polar surface area (TPSA) is 59.8 Å². The molecule has 1 aromatic heterocycles. The van der Waals surface area contributed by atoms with Crippen molar-refractivity contribution in [2.75, 3.05) is 11.1 Å². The summed E-state index contributed by atoms with van der Waals surface area (Å²) in [6, 6.07) is 21.9. The van der Waals surface area contributed by atoms with Gasteiger partial charge < -0.3 is 5.32 Å². The summed E-state index contributed by atoms with van der Waals surface area (Å²) in [5, 5.41) is 11.9. The monoisotopic (exact) mass is 432 g/mol. The fourth-order valence-electron chi connectivity index (χ4n) is 3.14. The molecular weight excluding hydrogens is 411 g/mol. The van der Waals surface area contributed by atoms with Crippen LogP contribution in [0.5, 0.6) is 0 Å². The second-order valence-electron chi connectivity index (χ2n) is 7.11. The van der Waals surface area contributed by atoms with Gasteiger partial charge in [0.1, 0.15) is 5.82 Å². The zero-order chi connectivity index (χ0) is 21.8. The smallest absolute Gasteiger partial charge is 0.234 e. The number of aryl methyl sites for hydroxylation is 2. The number of hydrogen-bond donors (Lipinski definition) is 1. The van der Waals surface area contributed by atoms with Gasteiger partial charge in [0.2, 0.25) is 5.91 Å². The molecular formula is C24H21FN4OS. The van der Waals surface area contributed by atoms with Gasteiger partial charge in [-0.2, -0.15) is 0 Å². The van der Waals surface area contributed by atoms with E-state index in [9.17, 15) is 9.18 Å². The molecule has 4 aromatic rings. The lowest BCUT2D eigenvalue weighted by atomic mass is 10.2. The van der Waals surface area contributed by atoms with Crippen LogP contribution in [0.2, 0.25) is 0 Å². The number of amides is 1. The fourth-order valence-corrected chi connectivity index (χ4v) is 3.89. The third-order valence-electron chi connectivity index (χ3n) is 4.79. The maximum atomic E-state index is 14.5. The molecule has 0 radical (unpaired) electrons. The first-order valence-electron chi connectivity index (χ1n) is 9.78. The number of aromatic nitrogens is 3. The zero-order valence-corrected chi connectivity index (χ0v) is 18.0. The Balaban J connectivity index is 1.63. The van der Waals surface area contributed by atoms with Gasteiger partial charge >= 0.3 is 0 Å². The molecule has 0 unspecified atom stereocenters. The van der Waals surface area contributed by atoms with Crippen LogP contribution in [-0.2, 0) is 4.79 Å². The van der Waals surface area contributed by atoms with Crippen LogP contribution in [-0.4, -0.2) is 26.4 Å². The minimum Gasteiger partial charge on any atom is -0.325 e. The molecule has 3 aromatic carbocycles. The first-order chi connectivity index (χ1) is 15.0. The Morgan fingerprint density at radius 3 is 2.42 bits per heavy atom. The van der Waals surface area contributed by atoms with Crippen LogP contribution < -0.4 is 5.32 Å². The zero-order valence-electron chi connectivity index (χ0n) is 17.2. The maximum Gasteiger partial charge on any atom is 0.234 e. The van der Waals surface area contributed by atoms with Crippen molar-refractivity contribution < 1.29 is 9.18 Å². The van der Waals surface area contributed by atoms with Crippen LogP contribution in [0.15, 0.2) is 78.0 Å². The SMILES string of the molecule is Cc1ccc(-n2c(SCC(=O)Nc3ccccc3C)nnc2-c2ccccc2F)cc1. The molecule has 1 heterocycles. The predicted molar refractivity (Wildman–Crippen MR) is 122 cm³/mol. The minimum absolute atomic E-state index is 0.148. The number of anilines is 1. The Hall–Kier alpha value is -3.45. The minimum atomic E-state index is -0.378. The van der Waals surface area contributed by atoms with Crippen molar-refractivity contribution in [3.63, 3.8) is 0 Å². The molecule has 31 heavy (non-hydrogen) atoms. The van der Waals surface area contributed by atoms with E-state index in [-0.39, 0.29) is 17.5 Å². The molecule has 0 aliphatic rings. The number of halogens is 1. The summed E-state index contributed by atoms with van der Waals surface area (Å²) in [5.74, 6) is 0.0151. The van der Waals surface area contributed by atoms with Gasteiger partial charge in [-0.1, -0.05) is 59.8 Å². The molecule has 0 saturated carbocycles. The van der Waals surface area contributed by atoms with E-state index in [0.717, 1.165) is 22.5 Å². The number of hydrogen-bond acceptors (Lipinski definition) is 4. The number of benzene rings is 3. The quantitative estimate of drug-likeness (QED) is 0.413. The number of thioether (sulfide) groups is 1. The van der Waals surface area contributed by atoms with E-state index in [1.54, 1.807) is 22.8 Å². The van der Waals surface area contributed by atoms with Crippen molar-refractivity contribution in [3.05, 3.63) is 89.7 Å². The largest absolute Gasteiger partial charge is 0.325 e. The van der Waals surface area contributed by atoms with Gasteiger partial charge in [0.25, 0.3) is 0 Å². The number of nitrogens with one attached hydrogen (secondary N) is 1. The van der Waals surface area contributed by atoms with Crippen molar-refractivity contribution in [1.82, 2.24) is 14.8 Å². The van der Waals surface area contributed by atoms with E-state index in [2.05, 4.69) is 15.5 Å². The Morgan fingerprint density at radius 1 is 0.968 bits per heavy atom. The number of nitrogens with zero attached hydrogens (tertiary/aromatic N) is 3. The van der Waals surface area contributed by atoms with E-state index in [4.69, 9.17) is 0 Å². The Labute approximate surface area is 184 Å². The summed E-state index contributed by atoms with van der Waals surface area (Å²) >= 11 is 1.26. The molecule has 156 valence electrons. The van der Waals surface area contributed by atoms with Crippen molar-refractivity contribution in [2.24, 2.45) is 0 Å². The van der Waals surface area contributed by atoms with Crippen molar-refractivity contribution in [1.29, 1.82) is 0 Å². The summed E-state index contributed by atoms with van der Waals surface area (Å²) in [6.45, 7) is 3.94. The van der Waals surface area contributed by atoms with Gasteiger partial charge in [-0.15, -0.1) is 10.2 Å². The Bertz CT molecular complexity index is 1220. The Morgan fingerprint density at radius 2 is 1.68 bits per heavy atom. The highest BCUT2D eigenvalue weighted by molar-refractivity contribution is 7.99. The lowest BCUT2D eigenvalue weighted by molar-refractivity contribution is -0.113. The average Bonchev–Trinajstić information content (AvgIpc) is 3.18. The maximum absolute atomic E-state index is 14.5. The second-order valence-corrected chi connectivity index (χ2v) is 8.05. The summed E-state index contributed by atoms with van der Waals surface area (Å²) in [7, 11) is 0. The number of carbonyl (C=O) groups excluding carboxylic acids is 1. The third kappa shape index (κ3) is 4.67. The van der Waals surface area contributed by atoms with E-state index in [1.165, 1.54) is 17.8 Å². The van der Waals surface area contributed by atoms with Crippen LogP contribution in [0.3, 0.4) is 0 Å². The van der Waals surface area contributed by atoms with Gasteiger partial charge in [0.15, 0.2) is 11.0 Å². The Kier molecular flexibility index (Phi) is 6.13. The van der Waals surface area contributed by atoms with Gasteiger partial charge in [-0.25, -0.2) is 4.39 Å². The van der Waals surface area contributed by atoms with Crippen LogP contribution >= 0.6 is 11.8 Å². The van der Waals surface area contributed by atoms with E-state index < -0.39 is 0 Å². The summed E-state index contributed by atoms with van der Waals surface area (Å²) in [6.07, 6.45) is 0. The number of rotatable bonds is 6. The first kappa shape index (κ1) is 20.8. The normalized spacial score (nSPS) is 10.8. The second kappa shape index (κ2) is 9.14.